The lowest BCUT2D eigenvalue weighted by atomic mass is 10.2. The maximum absolute atomic E-state index is 12.1. The Morgan fingerprint density at radius 3 is 3.05 bits per heavy atom. The molecule has 3 rings (SSSR count). The third-order valence-corrected chi connectivity index (χ3v) is 3.66. The van der Waals surface area contributed by atoms with Crippen LogP contribution in [0.2, 0.25) is 0 Å². The van der Waals surface area contributed by atoms with E-state index < -0.39 is 0 Å². The van der Waals surface area contributed by atoms with E-state index in [-0.39, 0.29) is 5.91 Å². The Balaban J connectivity index is 1.71. The van der Waals surface area contributed by atoms with E-state index in [9.17, 15) is 4.79 Å². The summed E-state index contributed by atoms with van der Waals surface area (Å²) in [6, 6.07) is 5.67. The zero-order chi connectivity index (χ0) is 14.8. The predicted octanol–water partition coefficient (Wildman–Crippen LogP) is 3.13. The van der Waals surface area contributed by atoms with E-state index in [1.54, 1.807) is 18.6 Å². The van der Waals surface area contributed by atoms with Crippen LogP contribution in [-0.2, 0) is 6.54 Å². The first-order valence-corrected chi connectivity index (χ1v) is 7.36. The highest BCUT2D eigenvalue weighted by Gasteiger charge is 2.13. The summed E-state index contributed by atoms with van der Waals surface area (Å²) in [5.74, 6) is 0.124. The van der Waals surface area contributed by atoms with E-state index in [0.717, 1.165) is 21.0 Å². The Bertz CT molecular complexity index is 778. The molecule has 5 nitrogen and oxygen atoms in total. The second-order valence-corrected chi connectivity index (χ2v) is 5.72. The Labute approximate surface area is 130 Å². The Morgan fingerprint density at radius 1 is 1.43 bits per heavy atom. The lowest BCUT2D eigenvalue weighted by Crippen LogP contribution is -2.26. The molecule has 0 atom stereocenters. The molecule has 21 heavy (non-hydrogen) atoms. The number of fused-ring (bicyclic) bond motifs is 1. The monoisotopic (exact) mass is 347 g/mol. The maximum atomic E-state index is 12.1. The first-order valence-electron chi connectivity index (χ1n) is 6.57. The Kier molecular flexibility index (Phi) is 3.79. The van der Waals surface area contributed by atoms with Gasteiger partial charge in [0.05, 0.1) is 6.33 Å². The van der Waals surface area contributed by atoms with Crippen molar-refractivity contribution < 1.29 is 9.21 Å². The van der Waals surface area contributed by atoms with Gasteiger partial charge in [0.1, 0.15) is 5.58 Å². The molecule has 0 aliphatic rings. The van der Waals surface area contributed by atoms with Crippen molar-refractivity contribution in [3.8, 4) is 0 Å². The van der Waals surface area contributed by atoms with Gasteiger partial charge in [-0.2, -0.15) is 0 Å². The van der Waals surface area contributed by atoms with Crippen molar-refractivity contribution in [2.45, 2.75) is 13.5 Å². The summed E-state index contributed by atoms with van der Waals surface area (Å²) in [6.45, 7) is 3.16. The molecule has 0 saturated carbocycles. The van der Waals surface area contributed by atoms with Gasteiger partial charge in [0.2, 0.25) is 0 Å². The first kappa shape index (κ1) is 13.9. The summed E-state index contributed by atoms with van der Waals surface area (Å²) >= 11 is 3.44. The summed E-state index contributed by atoms with van der Waals surface area (Å²) in [4.78, 5) is 16.0. The molecule has 0 saturated heterocycles. The zero-order valence-electron chi connectivity index (χ0n) is 11.5. The molecule has 3 aromatic rings. The second-order valence-electron chi connectivity index (χ2n) is 4.81. The number of halogens is 1. The zero-order valence-corrected chi connectivity index (χ0v) is 13.1. The molecule has 0 aliphatic heterocycles. The van der Waals surface area contributed by atoms with Gasteiger partial charge in [-0.05, 0) is 30.7 Å². The minimum atomic E-state index is -0.207. The van der Waals surface area contributed by atoms with Gasteiger partial charge >= 0.3 is 0 Å². The number of carbonyl (C=O) groups is 1. The van der Waals surface area contributed by atoms with Crippen LogP contribution >= 0.6 is 15.9 Å². The van der Waals surface area contributed by atoms with Crippen LogP contribution in [0, 0.1) is 6.92 Å². The third-order valence-electron chi connectivity index (χ3n) is 3.21. The number of hydrogen-bond donors (Lipinski definition) is 1. The summed E-state index contributed by atoms with van der Waals surface area (Å²) < 4.78 is 8.53. The molecule has 0 unspecified atom stereocenters. The number of rotatable bonds is 4. The van der Waals surface area contributed by atoms with E-state index in [0.29, 0.717) is 18.8 Å². The van der Waals surface area contributed by atoms with Gasteiger partial charge in [-0.1, -0.05) is 15.9 Å². The van der Waals surface area contributed by atoms with Crippen molar-refractivity contribution in [3.63, 3.8) is 0 Å². The number of imidazole rings is 1. The summed E-state index contributed by atoms with van der Waals surface area (Å²) in [6.07, 6.45) is 5.28. The number of nitrogens with one attached hydrogen (secondary N) is 1. The molecular weight excluding hydrogens is 334 g/mol. The largest absolute Gasteiger partial charge is 0.451 e. The average molecular weight is 348 g/mol. The number of benzene rings is 1. The number of aryl methyl sites for hydroxylation is 1. The van der Waals surface area contributed by atoms with Gasteiger partial charge in [0.15, 0.2) is 5.76 Å². The van der Waals surface area contributed by atoms with E-state index >= 15 is 0 Å². The minimum absolute atomic E-state index is 0.207. The van der Waals surface area contributed by atoms with E-state index in [1.165, 1.54) is 0 Å². The molecule has 6 heteroatoms. The highest BCUT2D eigenvalue weighted by molar-refractivity contribution is 9.10. The molecule has 0 aliphatic carbocycles. The standard InChI is InChI=1S/C15H14BrN3O2/c1-10-6-12(16)7-11-8-13(21-14(10)11)15(20)18-3-5-19-4-2-17-9-19/h2,4,6-9H,3,5H2,1H3,(H,18,20). The third kappa shape index (κ3) is 3.00. The Morgan fingerprint density at radius 2 is 2.29 bits per heavy atom. The fraction of sp³-hybridized carbons (Fsp3) is 0.200. The molecule has 0 bridgehead atoms. The van der Waals surface area contributed by atoms with E-state index in [4.69, 9.17) is 4.42 Å². The van der Waals surface area contributed by atoms with Gasteiger partial charge in [-0.3, -0.25) is 4.79 Å². The SMILES string of the molecule is Cc1cc(Br)cc2cc(C(=O)NCCn3ccnc3)oc12. The van der Waals surface area contributed by atoms with Crippen molar-refractivity contribution in [1.82, 2.24) is 14.9 Å². The molecule has 0 radical (unpaired) electrons. The predicted molar refractivity (Wildman–Crippen MR) is 83.2 cm³/mol. The molecule has 0 spiro atoms. The molecule has 2 heterocycles. The summed E-state index contributed by atoms with van der Waals surface area (Å²) in [7, 11) is 0. The molecule has 0 fully saturated rings. The van der Waals surface area contributed by atoms with Crippen LogP contribution < -0.4 is 5.32 Å². The normalized spacial score (nSPS) is 11.0. The number of furan rings is 1. The molecule has 1 N–H and O–H groups in total. The molecule has 2 aromatic heterocycles. The quantitative estimate of drug-likeness (QED) is 0.788. The van der Waals surface area contributed by atoms with Crippen LogP contribution in [0.4, 0.5) is 0 Å². The maximum Gasteiger partial charge on any atom is 0.287 e. The van der Waals surface area contributed by atoms with Crippen molar-refractivity contribution in [2.75, 3.05) is 6.54 Å². The van der Waals surface area contributed by atoms with Crippen LogP contribution in [0.15, 0.2) is 45.8 Å². The number of nitrogens with zero attached hydrogens (tertiary/aromatic N) is 2. The van der Waals surface area contributed by atoms with Crippen LogP contribution in [0.25, 0.3) is 11.0 Å². The van der Waals surface area contributed by atoms with Crippen LogP contribution in [0.3, 0.4) is 0 Å². The van der Waals surface area contributed by atoms with Crippen molar-refractivity contribution >= 4 is 32.8 Å². The summed E-state index contributed by atoms with van der Waals surface area (Å²) in [5.41, 5.74) is 1.75. The average Bonchev–Trinajstić information content (AvgIpc) is 3.07. The van der Waals surface area contributed by atoms with E-state index in [2.05, 4.69) is 26.2 Å². The first-order chi connectivity index (χ1) is 10.1. The molecule has 1 amide bonds. The Hall–Kier alpha value is -2.08. The number of hydrogen-bond acceptors (Lipinski definition) is 3. The van der Waals surface area contributed by atoms with Crippen LogP contribution in [0.5, 0.6) is 0 Å². The van der Waals surface area contributed by atoms with Gasteiger partial charge < -0.3 is 14.3 Å². The van der Waals surface area contributed by atoms with Crippen molar-refractivity contribution in [3.05, 3.63) is 52.7 Å². The lowest BCUT2D eigenvalue weighted by molar-refractivity contribution is 0.0927. The fourth-order valence-corrected chi connectivity index (χ4v) is 2.79. The fourth-order valence-electron chi connectivity index (χ4n) is 2.20. The highest BCUT2D eigenvalue weighted by Crippen LogP contribution is 2.26. The number of amides is 1. The van der Waals surface area contributed by atoms with Crippen LogP contribution in [-0.4, -0.2) is 22.0 Å². The van der Waals surface area contributed by atoms with Crippen molar-refractivity contribution in [2.24, 2.45) is 0 Å². The van der Waals surface area contributed by atoms with Gasteiger partial charge in [-0.15, -0.1) is 0 Å². The van der Waals surface area contributed by atoms with Gasteiger partial charge in [0.25, 0.3) is 5.91 Å². The lowest BCUT2D eigenvalue weighted by Gasteiger charge is -2.03. The summed E-state index contributed by atoms with van der Waals surface area (Å²) in [5, 5.41) is 3.76. The topological polar surface area (TPSA) is 60.1 Å². The molecule has 1 aromatic carbocycles. The molecular formula is C15H14BrN3O2. The van der Waals surface area contributed by atoms with Gasteiger partial charge in [-0.25, -0.2) is 4.98 Å². The highest BCUT2D eigenvalue weighted by atomic mass is 79.9. The number of carbonyl (C=O) groups excluding carboxylic acids is 1. The minimum Gasteiger partial charge on any atom is -0.451 e. The van der Waals surface area contributed by atoms with E-state index in [1.807, 2.05) is 29.8 Å². The van der Waals surface area contributed by atoms with Crippen LogP contribution in [0.1, 0.15) is 16.1 Å². The number of aromatic nitrogens is 2. The molecule has 108 valence electrons. The smallest absolute Gasteiger partial charge is 0.287 e. The van der Waals surface area contributed by atoms with Crippen molar-refractivity contribution in [1.29, 1.82) is 0 Å². The van der Waals surface area contributed by atoms with Gasteiger partial charge in [0, 0.05) is 35.3 Å². The second kappa shape index (κ2) is 5.73.